The van der Waals surface area contributed by atoms with Gasteiger partial charge in [0.25, 0.3) is 11.6 Å². The third-order valence-corrected chi connectivity index (χ3v) is 4.89. The first-order valence-electron chi connectivity index (χ1n) is 8.48. The topological polar surface area (TPSA) is 95.7 Å². The molecule has 7 heteroatoms. The van der Waals surface area contributed by atoms with E-state index in [1.54, 1.807) is 24.0 Å². The fraction of sp³-hybridized carbons (Fsp3) is 0.588. The summed E-state index contributed by atoms with van der Waals surface area (Å²) in [5.74, 6) is 0.0358. The molecule has 2 aliphatic rings. The molecule has 1 aliphatic carbocycles. The highest BCUT2D eigenvalue weighted by atomic mass is 16.6. The molecule has 0 bridgehead atoms. The van der Waals surface area contributed by atoms with Crippen LogP contribution in [0.5, 0.6) is 0 Å². The second-order valence-electron chi connectivity index (χ2n) is 6.78. The summed E-state index contributed by atoms with van der Waals surface area (Å²) in [6.07, 6.45) is 3.20. The summed E-state index contributed by atoms with van der Waals surface area (Å²) in [5.41, 5.74) is 0.775. The van der Waals surface area contributed by atoms with Crippen molar-refractivity contribution in [3.8, 4) is 0 Å². The number of carbonyl (C=O) groups is 1. The Hall–Kier alpha value is -2.15. The van der Waals surface area contributed by atoms with E-state index in [0.717, 1.165) is 25.7 Å². The summed E-state index contributed by atoms with van der Waals surface area (Å²) in [6.45, 7) is 2.92. The van der Waals surface area contributed by atoms with Crippen molar-refractivity contribution in [3.05, 3.63) is 33.9 Å². The second-order valence-corrected chi connectivity index (χ2v) is 6.78. The molecule has 1 aliphatic heterocycles. The van der Waals surface area contributed by atoms with Crippen LogP contribution in [0.4, 0.5) is 11.4 Å². The van der Waals surface area contributed by atoms with Crippen molar-refractivity contribution >= 4 is 17.3 Å². The SMILES string of the molecule is CC(O)C1CCN(C(=O)c2ccc(NC3CC3)c([N+](=O)[O-])c2)CC1. The lowest BCUT2D eigenvalue weighted by atomic mass is 9.92. The van der Waals surface area contributed by atoms with Crippen LogP contribution in [0.3, 0.4) is 0 Å². The van der Waals surface area contributed by atoms with Crippen LogP contribution in [0.25, 0.3) is 0 Å². The van der Waals surface area contributed by atoms with Gasteiger partial charge >= 0.3 is 0 Å². The maximum atomic E-state index is 12.6. The van der Waals surface area contributed by atoms with Crippen LogP contribution in [0, 0.1) is 16.0 Å². The number of carbonyl (C=O) groups excluding carboxylic acids is 1. The summed E-state index contributed by atoms with van der Waals surface area (Å²) in [7, 11) is 0. The first-order chi connectivity index (χ1) is 11.5. The zero-order valence-electron chi connectivity index (χ0n) is 13.8. The van der Waals surface area contributed by atoms with Gasteiger partial charge in [0.15, 0.2) is 0 Å². The molecule has 2 N–H and O–H groups in total. The maximum absolute atomic E-state index is 12.6. The van der Waals surface area contributed by atoms with Crippen molar-refractivity contribution < 1.29 is 14.8 Å². The number of rotatable bonds is 5. The molecule has 1 saturated heterocycles. The van der Waals surface area contributed by atoms with Gasteiger partial charge in [-0.1, -0.05) is 0 Å². The van der Waals surface area contributed by atoms with Gasteiger partial charge in [-0.2, -0.15) is 0 Å². The van der Waals surface area contributed by atoms with Gasteiger partial charge in [0.05, 0.1) is 11.0 Å². The van der Waals surface area contributed by atoms with Gasteiger partial charge in [0.1, 0.15) is 5.69 Å². The minimum Gasteiger partial charge on any atom is -0.393 e. The third-order valence-electron chi connectivity index (χ3n) is 4.89. The number of nitrogens with one attached hydrogen (secondary N) is 1. The molecule has 1 saturated carbocycles. The molecule has 1 aromatic rings. The van der Waals surface area contributed by atoms with E-state index in [9.17, 15) is 20.0 Å². The van der Waals surface area contributed by atoms with E-state index < -0.39 is 4.92 Å². The van der Waals surface area contributed by atoms with Crippen molar-refractivity contribution in [1.29, 1.82) is 0 Å². The zero-order valence-corrected chi connectivity index (χ0v) is 13.8. The van der Waals surface area contributed by atoms with Crippen LogP contribution in [0.15, 0.2) is 18.2 Å². The minimum atomic E-state index is -0.443. The lowest BCUT2D eigenvalue weighted by molar-refractivity contribution is -0.384. The van der Waals surface area contributed by atoms with Crippen molar-refractivity contribution in [2.45, 2.75) is 44.8 Å². The standard InChI is InChI=1S/C17H23N3O4/c1-11(21)12-6-8-19(9-7-12)17(22)13-2-5-15(18-14-3-4-14)16(10-13)20(23)24/h2,5,10-12,14,18,21H,3-4,6-9H2,1H3. The number of nitro benzene ring substituents is 1. The Kier molecular flexibility index (Phi) is 4.71. The van der Waals surface area contributed by atoms with E-state index in [4.69, 9.17) is 0 Å². The van der Waals surface area contributed by atoms with Crippen LogP contribution < -0.4 is 5.32 Å². The number of benzene rings is 1. The summed E-state index contributed by atoms with van der Waals surface area (Å²) in [6, 6.07) is 4.96. The van der Waals surface area contributed by atoms with Gasteiger partial charge in [-0.25, -0.2) is 0 Å². The largest absolute Gasteiger partial charge is 0.393 e. The quantitative estimate of drug-likeness (QED) is 0.637. The van der Waals surface area contributed by atoms with E-state index in [1.807, 2.05) is 0 Å². The lowest BCUT2D eigenvalue weighted by Gasteiger charge is -2.33. The average molecular weight is 333 g/mol. The number of piperidine rings is 1. The molecule has 0 spiro atoms. The Morgan fingerprint density at radius 2 is 2.00 bits per heavy atom. The first-order valence-corrected chi connectivity index (χ1v) is 8.48. The summed E-state index contributed by atoms with van der Waals surface area (Å²) in [4.78, 5) is 25.2. The fourth-order valence-corrected chi connectivity index (χ4v) is 3.15. The Labute approximate surface area is 140 Å². The third kappa shape index (κ3) is 3.67. The molecule has 1 atom stereocenters. The van der Waals surface area contributed by atoms with Crippen molar-refractivity contribution in [2.24, 2.45) is 5.92 Å². The van der Waals surface area contributed by atoms with Crippen LogP contribution in [-0.2, 0) is 0 Å². The number of nitro groups is 1. The molecular weight excluding hydrogens is 310 g/mol. The number of aliphatic hydroxyl groups is 1. The lowest BCUT2D eigenvalue weighted by Crippen LogP contribution is -2.40. The molecule has 1 amide bonds. The Bertz CT molecular complexity index is 635. The van der Waals surface area contributed by atoms with E-state index in [0.29, 0.717) is 30.4 Å². The van der Waals surface area contributed by atoms with Crippen LogP contribution in [0.2, 0.25) is 0 Å². The monoisotopic (exact) mass is 333 g/mol. The van der Waals surface area contributed by atoms with E-state index in [1.165, 1.54) is 6.07 Å². The number of amides is 1. The van der Waals surface area contributed by atoms with Crippen molar-refractivity contribution in [2.75, 3.05) is 18.4 Å². The molecule has 0 aromatic heterocycles. The number of likely N-dealkylation sites (tertiary alicyclic amines) is 1. The molecule has 3 rings (SSSR count). The smallest absolute Gasteiger partial charge is 0.293 e. The molecule has 7 nitrogen and oxygen atoms in total. The molecule has 2 fully saturated rings. The Balaban J connectivity index is 1.73. The number of aliphatic hydroxyl groups excluding tert-OH is 1. The summed E-state index contributed by atoms with van der Waals surface area (Å²) < 4.78 is 0. The van der Waals surface area contributed by atoms with Gasteiger partial charge in [-0.3, -0.25) is 14.9 Å². The van der Waals surface area contributed by atoms with Gasteiger partial charge in [-0.05, 0) is 50.7 Å². The predicted molar refractivity (Wildman–Crippen MR) is 90.0 cm³/mol. The molecule has 0 radical (unpaired) electrons. The van der Waals surface area contributed by atoms with Gasteiger partial charge in [0, 0.05) is 30.8 Å². The molecule has 24 heavy (non-hydrogen) atoms. The zero-order chi connectivity index (χ0) is 17.3. The van der Waals surface area contributed by atoms with Gasteiger partial charge in [0.2, 0.25) is 0 Å². The second kappa shape index (κ2) is 6.76. The first kappa shape index (κ1) is 16.7. The predicted octanol–water partition coefficient (Wildman–Crippen LogP) is 2.40. The van der Waals surface area contributed by atoms with Crippen molar-refractivity contribution in [1.82, 2.24) is 4.90 Å². The average Bonchev–Trinajstić information content (AvgIpc) is 3.38. The summed E-state index contributed by atoms with van der Waals surface area (Å²) >= 11 is 0. The number of hydrogen-bond donors (Lipinski definition) is 2. The number of hydrogen-bond acceptors (Lipinski definition) is 5. The van der Waals surface area contributed by atoms with Crippen LogP contribution in [-0.4, -0.2) is 46.1 Å². The molecule has 1 unspecified atom stereocenters. The van der Waals surface area contributed by atoms with E-state index >= 15 is 0 Å². The maximum Gasteiger partial charge on any atom is 0.293 e. The summed E-state index contributed by atoms with van der Waals surface area (Å²) in [5, 5.41) is 24.1. The molecule has 1 heterocycles. The highest BCUT2D eigenvalue weighted by Crippen LogP contribution is 2.32. The molecule has 130 valence electrons. The minimum absolute atomic E-state index is 0.0494. The van der Waals surface area contributed by atoms with Crippen LogP contribution >= 0.6 is 0 Å². The van der Waals surface area contributed by atoms with E-state index in [-0.39, 0.29) is 23.6 Å². The van der Waals surface area contributed by atoms with E-state index in [2.05, 4.69) is 5.32 Å². The van der Waals surface area contributed by atoms with Crippen LogP contribution in [0.1, 0.15) is 43.0 Å². The normalized spacial score (nSPS) is 19.8. The Morgan fingerprint density at radius 1 is 1.33 bits per heavy atom. The van der Waals surface area contributed by atoms with Crippen molar-refractivity contribution in [3.63, 3.8) is 0 Å². The number of anilines is 1. The van der Waals surface area contributed by atoms with Gasteiger partial charge < -0.3 is 15.3 Å². The highest BCUT2D eigenvalue weighted by Gasteiger charge is 2.29. The Morgan fingerprint density at radius 3 is 2.54 bits per heavy atom. The molecular formula is C17H23N3O4. The molecule has 1 aromatic carbocycles. The number of nitrogens with zero attached hydrogens (tertiary/aromatic N) is 2. The van der Waals surface area contributed by atoms with Gasteiger partial charge in [-0.15, -0.1) is 0 Å². The fourth-order valence-electron chi connectivity index (χ4n) is 3.15. The highest BCUT2D eigenvalue weighted by molar-refractivity contribution is 5.95.